The summed E-state index contributed by atoms with van der Waals surface area (Å²) in [7, 11) is 0. The van der Waals surface area contributed by atoms with Crippen molar-refractivity contribution in [2.75, 3.05) is 0 Å². The van der Waals surface area contributed by atoms with Crippen LogP contribution >= 0.6 is 0 Å². The maximum absolute atomic E-state index is 2.18. The third-order valence-electron chi connectivity index (χ3n) is 4.05. The van der Waals surface area contributed by atoms with E-state index in [1.54, 1.807) is 0 Å². The number of benzene rings is 4. The molecule has 0 atom stereocenters. The summed E-state index contributed by atoms with van der Waals surface area (Å²) in [5.41, 5.74) is 5.26. The average Bonchev–Trinajstić information content (AvgIpc) is 2.62. The Morgan fingerprint density at radius 3 is 1.75 bits per heavy atom. The van der Waals surface area contributed by atoms with E-state index in [9.17, 15) is 0 Å². The van der Waals surface area contributed by atoms with Crippen molar-refractivity contribution in [3.05, 3.63) is 108 Å². The minimum Gasteiger partial charge on any atom is -0.0622 e. The standard InChI is InChI=1S/C16H12.C8H10/c1-2-7-13(8-3-1)16-12-6-10-14-9-4-5-11-15(14)16;1-7-4-3-5-8(2)6-7/h1-12H;3-6H,1-2H3. The molecule has 0 aromatic heterocycles. The third kappa shape index (κ3) is 3.91. The molecular weight excluding hydrogens is 288 g/mol. The van der Waals surface area contributed by atoms with Crippen LogP contribution in [0.3, 0.4) is 0 Å². The number of rotatable bonds is 1. The Bertz CT molecular complexity index is 898. The van der Waals surface area contributed by atoms with Crippen molar-refractivity contribution in [3.63, 3.8) is 0 Å². The first-order valence-electron chi connectivity index (χ1n) is 8.30. The van der Waals surface area contributed by atoms with Crippen LogP contribution in [-0.4, -0.2) is 0 Å². The predicted octanol–water partition coefficient (Wildman–Crippen LogP) is 6.81. The molecule has 0 heteroatoms. The van der Waals surface area contributed by atoms with Crippen LogP contribution < -0.4 is 0 Å². The molecule has 0 amide bonds. The van der Waals surface area contributed by atoms with Gasteiger partial charge in [-0.15, -0.1) is 0 Å². The second kappa shape index (κ2) is 7.61. The highest BCUT2D eigenvalue weighted by Crippen LogP contribution is 2.27. The zero-order valence-corrected chi connectivity index (χ0v) is 14.2. The molecule has 0 aliphatic rings. The predicted molar refractivity (Wildman–Crippen MR) is 105 cm³/mol. The lowest BCUT2D eigenvalue weighted by molar-refractivity contribution is 1.39. The molecule has 0 radical (unpaired) electrons. The molecule has 24 heavy (non-hydrogen) atoms. The molecule has 0 N–H and O–H groups in total. The van der Waals surface area contributed by atoms with Gasteiger partial charge in [0.15, 0.2) is 0 Å². The van der Waals surface area contributed by atoms with Crippen LogP contribution in [0.25, 0.3) is 21.9 Å². The maximum atomic E-state index is 2.18. The zero-order valence-electron chi connectivity index (χ0n) is 14.2. The summed E-state index contributed by atoms with van der Waals surface area (Å²) in [5, 5.41) is 2.61. The van der Waals surface area contributed by atoms with Gasteiger partial charge < -0.3 is 0 Å². The third-order valence-corrected chi connectivity index (χ3v) is 4.05. The van der Waals surface area contributed by atoms with Crippen molar-refractivity contribution < 1.29 is 0 Å². The van der Waals surface area contributed by atoms with Gasteiger partial charge >= 0.3 is 0 Å². The normalized spacial score (nSPS) is 10.1. The van der Waals surface area contributed by atoms with Crippen molar-refractivity contribution in [1.82, 2.24) is 0 Å². The minimum atomic E-state index is 1.28. The van der Waals surface area contributed by atoms with E-state index in [1.165, 1.54) is 33.0 Å². The van der Waals surface area contributed by atoms with Gasteiger partial charge in [0.25, 0.3) is 0 Å². The van der Waals surface area contributed by atoms with Gasteiger partial charge in [-0.25, -0.2) is 0 Å². The molecular formula is C24H22. The fourth-order valence-corrected chi connectivity index (χ4v) is 2.90. The van der Waals surface area contributed by atoms with Crippen LogP contribution in [0.15, 0.2) is 97.1 Å². The SMILES string of the molecule is Cc1cccc(C)c1.c1ccc(-c2cccc3ccccc23)cc1. The summed E-state index contributed by atoms with van der Waals surface area (Å²) < 4.78 is 0. The van der Waals surface area contributed by atoms with E-state index in [4.69, 9.17) is 0 Å². The fraction of sp³-hybridized carbons (Fsp3) is 0.0833. The van der Waals surface area contributed by atoms with E-state index in [2.05, 4.69) is 111 Å². The molecule has 4 rings (SSSR count). The number of fused-ring (bicyclic) bond motifs is 1. The van der Waals surface area contributed by atoms with Gasteiger partial charge in [-0.2, -0.15) is 0 Å². The quantitative estimate of drug-likeness (QED) is 0.362. The van der Waals surface area contributed by atoms with Crippen LogP contribution in [0.5, 0.6) is 0 Å². The van der Waals surface area contributed by atoms with Gasteiger partial charge in [0, 0.05) is 0 Å². The Morgan fingerprint density at radius 1 is 0.500 bits per heavy atom. The highest BCUT2D eigenvalue weighted by Gasteiger charge is 2.01. The molecule has 118 valence electrons. The van der Waals surface area contributed by atoms with Crippen molar-refractivity contribution in [1.29, 1.82) is 0 Å². The van der Waals surface area contributed by atoms with E-state index < -0.39 is 0 Å². The number of aryl methyl sites for hydroxylation is 2. The Kier molecular flexibility index (Phi) is 5.08. The van der Waals surface area contributed by atoms with E-state index in [-0.39, 0.29) is 0 Å². The van der Waals surface area contributed by atoms with Gasteiger partial charge in [0.2, 0.25) is 0 Å². The lowest BCUT2D eigenvalue weighted by atomic mass is 9.98. The number of hydrogen-bond donors (Lipinski definition) is 0. The highest BCUT2D eigenvalue weighted by molar-refractivity contribution is 5.96. The van der Waals surface area contributed by atoms with Gasteiger partial charge in [-0.1, -0.05) is 108 Å². The van der Waals surface area contributed by atoms with Crippen molar-refractivity contribution >= 4 is 10.8 Å². The monoisotopic (exact) mass is 310 g/mol. The Balaban J connectivity index is 0.000000179. The first kappa shape index (κ1) is 16.0. The van der Waals surface area contributed by atoms with Crippen molar-refractivity contribution in [2.24, 2.45) is 0 Å². The van der Waals surface area contributed by atoms with Crippen LogP contribution in [0.4, 0.5) is 0 Å². The summed E-state index contributed by atoms with van der Waals surface area (Å²) >= 11 is 0. The summed E-state index contributed by atoms with van der Waals surface area (Å²) in [5.74, 6) is 0. The van der Waals surface area contributed by atoms with Gasteiger partial charge in [-0.3, -0.25) is 0 Å². The first-order valence-corrected chi connectivity index (χ1v) is 8.30. The molecule has 0 saturated carbocycles. The summed E-state index contributed by atoms with van der Waals surface area (Å²) in [6.45, 7) is 4.21. The van der Waals surface area contributed by atoms with Crippen LogP contribution in [0, 0.1) is 13.8 Å². The Morgan fingerprint density at radius 2 is 1.08 bits per heavy atom. The fourth-order valence-electron chi connectivity index (χ4n) is 2.90. The van der Waals surface area contributed by atoms with Crippen molar-refractivity contribution in [2.45, 2.75) is 13.8 Å². The summed E-state index contributed by atoms with van der Waals surface area (Å²) in [6, 6.07) is 33.9. The molecule has 0 aliphatic carbocycles. The van der Waals surface area contributed by atoms with E-state index >= 15 is 0 Å². The topological polar surface area (TPSA) is 0 Å². The van der Waals surface area contributed by atoms with E-state index in [0.29, 0.717) is 0 Å². The molecule has 0 heterocycles. The molecule has 0 bridgehead atoms. The summed E-state index contributed by atoms with van der Waals surface area (Å²) in [4.78, 5) is 0. The molecule has 4 aromatic carbocycles. The summed E-state index contributed by atoms with van der Waals surface area (Å²) in [6.07, 6.45) is 0. The number of hydrogen-bond acceptors (Lipinski definition) is 0. The Hall–Kier alpha value is -2.86. The second-order valence-electron chi connectivity index (χ2n) is 6.05. The molecule has 0 nitrogen and oxygen atoms in total. The smallest absolute Gasteiger partial charge is 0.0105 e. The molecule has 0 fully saturated rings. The van der Waals surface area contributed by atoms with Gasteiger partial charge in [0.05, 0.1) is 0 Å². The molecule has 0 saturated heterocycles. The Labute approximate surface area is 144 Å². The van der Waals surface area contributed by atoms with Crippen molar-refractivity contribution in [3.8, 4) is 11.1 Å². The second-order valence-corrected chi connectivity index (χ2v) is 6.05. The molecule has 0 spiro atoms. The van der Waals surface area contributed by atoms with Crippen LogP contribution in [0.1, 0.15) is 11.1 Å². The van der Waals surface area contributed by atoms with E-state index in [0.717, 1.165) is 0 Å². The minimum absolute atomic E-state index is 1.28. The lowest BCUT2D eigenvalue weighted by Gasteiger charge is -2.06. The average molecular weight is 310 g/mol. The molecule has 4 aromatic rings. The van der Waals surface area contributed by atoms with Gasteiger partial charge in [-0.05, 0) is 35.7 Å². The van der Waals surface area contributed by atoms with Gasteiger partial charge in [0.1, 0.15) is 0 Å². The van der Waals surface area contributed by atoms with Crippen LogP contribution in [0.2, 0.25) is 0 Å². The molecule has 0 unspecified atom stereocenters. The van der Waals surface area contributed by atoms with E-state index in [1.807, 2.05) is 0 Å². The zero-order chi connectivity index (χ0) is 16.8. The lowest BCUT2D eigenvalue weighted by Crippen LogP contribution is -1.79. The largest absolute Gasteiger partial charge is 0.0622 e. The maximum Gasteiger partial charge on any atom is -0.0105 e. The highest BCUT2D eigenvalue weighted by atomic mass is 14.0. The van der Waals surface area contributed by atoms with Crippen LogP contribution in [-0.2, 0) is 0 Å². The first-order chi connectivity index (χ1) is 11.7. The molecule has 0 aliphatic heterocycles.